The lowest BCUT2D eigenvalue weighted by atomic mass is 9.76. The Kier molecular flexibility index (Phi) is 4.93. The van der Waals surface area contributed by atoms with Crippen LogP contribution in [0.3, 0.4) is 0 Å². The van der Waals surface area contributed by atoms with E-state index in [1.807, 2.05) is 0 Å². The molecule has 0 atom stereocenters. The first kappa shape index (κ1) is 15.9. The van der Waals surface area contributed by atoms with Crippen LogP contribution >= 0.6 is 11.6 Å². The van der Waals surface area contributed by atoms with Crippen molar-refractivity contribution in [1.82, 2.24) is 0 Å². The summed E-state index contributed by atoms with van der Waals surface area (Å²) in [6.07, 6.45) is 0.140. The Hall–Kier alpha value is -1.49. The molecule has 0 radical (unpaired) electrons. The quantitative estimate of drug-likeness (QED) is 0.891. The maximum Gasteiger partial charge on any atom is 0.141 e. The molecule has 0 aliphatic rings. The van der Waals surface area contributed by atoms with Gasteiger partial charge in [0, 0.05) is 5.41 Å². The van der Waals surface area contributed by atoms with Crippen molar-refractivity contribution < 1.29 is 19.0 Å². The van der Waals surface area contributed by atoms with Gasteiger partial charge in [0.2, 0.25) is 0 Å². The lowest BCUT2D eigenvalue weighted by Gasteiger charge is -2.31. The summed E-state index contributed by atoms with van der Waals surface area (Å²) in [6.45, 7) is -0.890. The minimum absolute atomic E-state index is 0.0502. The molecule has 112 valence electrons. The van der Waals surface area contributed by atoms with Crippen molar-refractivity contribution in [2.45, 2.75) is 11.8 Å². The zero-order valence-electron chi connectivity index (χ0n) is 11.2. The van der Waals surface area contributed by atoms with Crippen molar-refractivity contribution in [3.8, 4) is 0 Å². The fraction of sp³-hybridized carbons (Fsp3) is 0.250. The largest absolute Gasteiger partial charge is 0.395 e. The molecule has 2 aromatic rings. The van der Waals surface area contributed by atoms with Crippen LogP contribution in [-0.2, 0) is 11.8 Å². The Morgan fingerprint density at radius 1 is 0.952 bits per heavy atom. The molecule has 0 unspecified atom stereocenters. The molecule has 0 aliphatic carbocycles. The summed E-state index contributed by atoms with van der Waals surface area (Å²) in [5.74, 6) is -1.06. The lowest BCUT2D eigenvalue weighted by Crippen LogP contribution is -2.38. The molecular formula is C16H15ClF2O2. The number of aliphatic hydroxyl groups excluding tert-OH is 2. The van der Waals surface area contributed by atoms with Gasteiger partial charge in [0.15, 0.2) is 0 Å². The van der Waals surface area contributed by atoms with Crippen molar-refractivity contribution in [2.75, 3.05) is 13.2 Å². The Balaban J connectivity index is 2.43. The molecule has 2 nitrogen and oxygen atoms in total. The van der Waals surface area contributed by atoms with Crippen LogP contribution in [0.1, 0.15) is 11.1 Å². The van der Waals surface area contributed by atoms with Gasteiger partial charge in [0.05, 0.1) is 18.2 Å². The number of aliphatic hydroxyl groups is 2. The monoisotopic (exact) mass is 312 g/mol. The summed E-state index contributed by atoms with van der Waals surface area (Å²) in [5, 5.41) is 19.4. The van der Waals surface area contributed by atoms with E-state index in [2.05, 4.69) is 0 Å². The number of halogens is 3. The van der Waals surface area contributed by atoms with E-state index in [0.29, 0.717) is 5.56 Å². The molecule has 0 amide bonds. The second-order valence-electron chi connectivity index (χ2n) is 5.00. The van der Waals surface area contributed by atoms with Crippen LogP contribution in [-0.4, -0.2) is 23.4 Å². The van der Waals surface area contributed by atoms with E-state index in [0.717, 1.165) is 0 Å². The first-order valence-electron chi connectivity index (χ1n) is 6.43. The molecule has 0 spiro atoms. The number of benzene rings is 2. The average Bonchev–Trinajstić information content (AvgIpc) is 2.49. The second-order valence-corrected chi connectivity index (χ2v) is 5.41. The lowest BCUT2D eigenvalue weighted by molar-refractivity contribution is 0.113. The predicted molar refractivity (Wildman–Crippen MR) is 77.4 cm³/mol. The highest BCUT2D eigenvalue weighted by molar-refractivity contribution is 6.30. The van der Waals surface area contributed by atoms with E-state index in [1.165, 1.54) is 36.4 Å². The molecule has 0 saturated heterocycles. The first-order chi connectivity index (χ1) is 10.0. The van der Waals surface area contributed by atoms with Crippen LogP contribution in [0.2, 0.25) is 5.02 Å². The van der Waals surface area contributed by atoms with Gasteiger partial charge in [-0.25, -0.2) is 8.78 Å². The Bertz CT molecular complexity index is 627. The topological polar surface area (TPSA) is 40.5 Å². The van der Waals surface area contributed by atoms with Crippen molar-refractivity contribution in [3.63, 3.8) is 0 Å². The van der Waals surface area contributed by atoms with Crippen molar-refractivity contribution in [1.29, 1.82) is 0 Å². The highest BCUT2D eigenvalue weighted by atomic mass is 35.5. The molecule has 0 heterocycles. The molecule has 0 aliphatic heterocycles. The molecule has 21 heavy (non-hydrogen) atoms. The molecule has 0 aromatic heterocycles. The van der Waals surface area contributed by atoms with Crippen molar-refractivity contribution >= 4 is 11.6 Å². The summed E-state index contributed by atoms with van der Waals surface area (Å²) < 4.78 is 27.2. The van der Waals surface area contributed by atoms with Gasteiger partial charge in [-0.2, -0.15) is 0 Å². The number of hydrogen-bond acceptors (Lipinski definition) is 2. The molecule has 0 saturated carbocycles. The van der Waals surface area contributed by atoms with Crippen LogP contribution in [0.4, 0.5) is 8.78 Å². The summed E-state index contributed by atoms with van der Waals surface area (Å²) in [5.41, 5.74) is -0.366. The Labute approximate surface area is 126 Å². The maximum atomic E-state index is 14.0. The Morgan fingerprint density at radius 2 is 1.62 bits per heavy atom. The molecule has 0 fully saturated rings. The fourth-order valence-electron chi connectivity index (χ4n) is 2.36. The Morgan fingerprint density at radius 3 is 2.19 bits per heavy atom. The minimum Gasteiger partial charge on any atom is -0.395 e. The van der Waals surface area contributed by atoms with E-state index < -0.39 is 30.3 Å². The van der Waals surface area contributed by atoms with Gasteiger partial charge in [-0.1, -0.05) is 35.9 Å². The molecule has 0 bridgehead atoms. The predicted octanol–water partition coefficient (Wildman–Crippen LogP) is 3.08. The van der Waals surface area contributed by atoms with E-state index in [9.17, 15) is 19.0 Å². The van der Waals surface area contributed by atoms with Gasteiger partial charge in [-0.3, -0.25) is 0 Å². The van der Waals surface area contributed by atoms with E-state index in [4.69, 9.17) is 11.6 Å². The van der Waals surface area contributed by atoms with Gasteiger partial charge in [0.25, 0.3) is 0 Å². The van der Waals surface area contributed by atoms with Crippen LogP contribution in [0.5, 0.6) is 0 Å². The molecule has 2 N–H and O–H groups in total. The third-order valence-corrected chi connectivity index (χ3v) is 3.87. The fourth-order valence-corrected chi connectivity index (χ4v) is 2.56. The van der Waals surface area contributed by atoms with E-state index in [-0.39, 0.29) is 17.0 Å². The smallest absolute Gasteiger partial charge is 0.141 e. The number of rotatable bonds is 5. The van der Waals surface area contributed by atoms with Gasteiger partial charge in [0.1, 0.15) is 11.6 Å². The molecule has 2 rings (SSSR count). The van der Waals surface area contributed by atoms with Crippen LogP contribution in [0.15, 0.2) is 42.5 Å². The number of hydrogen-bond donors (Lipinski definition) is 2. The zero-order chi connectivity index (χ0) is 15.5. The SMILES string of the molecule is OCC(CO)(Cc1ccc(F)c(Cl)c1)c1ccccc1F. The van der Waals surface area contributed by atoms with Crippen molar-refractivity contribution in [2.24, 2.45) is 0 Å². The van der Waals surface area contributed by atoms with Crippen LogP contribution in [0.25, 0.3) is 0 Å². The standard InChI is InChI=1S/C16H15ClF2O2/c17-13-7-11(5-6-15(13)19)8-16(9-20,10-21)12-3-1-2-4-14(12)18/h1-7,20-21H,8-10H2. The maximum absolute atomic E-state index is 14.0. The highest BCUT2D eigenvalue weighted by Gasteiger charge is 2.34. The van der Waals surface area contributed by atoms with Crippen LogP contribution in [0, 0.1) is 11.6 Å². The molecule has 2 aromatic carbocycles. The van der Waals surface area contributed by atoms with Crippen LogP contribution < -0.4 is 0 Å². The summed E-state index contributed by atoms with van der Waals surface area (Å²) in [7, 11) is 0. The van der Waals surface area contributed by atoms with Gasteiger partial charge >= 0.3 is 0 Å². The minimum atomic E-state index is -1.19. The third kappa shape index (κ3) is 3.23. The summed E-state index contributed by atoms with van der Waals surface area (Å²) >= 11 is 5.73. The summed E-state index contributed by atoms with van der Waals surface area (Å²) in [4.78, 5) is 0. The first-order valence-corrected chi connectivity index (χ1v) is 6.81. The molecular weight excluding hydrogens is 298 g/mol. The summed E-state index contributed by atoms with van der Waals surface area (Å²) in [6, 6.07) is 10.1. The normalized spacial score (nSPS) is 11.7. The molecule has 5 heteroatoms. The van der Waals surface area contributed by atoms with E-state index in [1.54, 1.807) is 6.07 Å². The zero-order valence-corrected chi connectivity index (χ0v) is 11.9. The second kappa shape index (κ2) is 6.52. The van der Waals surface area contributed by atoms with E-state index >= 15 is 0 Å². The van der Waals surface area contributed by atoms with Gasteiger partial charge in [-0.05, 0) is 35.7 Å². The highest BCUT2D eigenvalue weighted by Crippen LogP contribution is 2.31. The average molecular weight is 313 g/mol. The third-order valence-electron chi connectivity index (χ3n) is 3.58. The van der Waals surface area contributed by atoms with Gasteiger partial charge < -0.3 is 10.2 Å². The van der Waals surface area contributed by atoms with Gasteiger partial charge in [-0.15, -0.1) is 0 Å². The van der Waals surface area contributed by atoms with Crippen molar-refractivity contribution in [3.05, 3.63) is 70.2 Å².